The van der Waals surface area contributed by atoms with Crippen LogP contribution in [0.4, 0.5) is 20.0 Å². The number of fused-ring (bicyclic) bond motifs is 1. The number of esters is 1. The van der Waals surface area contributed by atoms with E-state index in [1.165, 1.54) is 29.5 Å². The molecule has 0 atom stereocenters. The first kappa shape index (κ1) is 18.6. The van der Waals surface area contributed by atoms with E-state index >= 15 is 0 Å². The van der Waals surface area contributed by atoms with Gasteiger partial charge in [-0.2, -0.15) is 0 Å². The van der Waals surface area contributed by atoms with E-state index in [-0.39, 0.29) is 0 Å². The molecule has 3 aromatic carbocycles. The summed E-state index contributed by atoms with van der Waals surface area (Å²) in [6.45, 7) is 0. The predicted octanol–water partition coefficient (Wildman–Crippen LogP) is 5.30. The molecule has 2 amide bonds. The highest BCUT2D eigenvalue weighted by molar-refractivity contribution is 7.22. The SMILES string of the molecule is O=C(Nc1cccc(F)c1)Nc1nc2ccc(OC(=O)c3ccccc3)cc2s1. The molecule has 8 heteroatoms. The molecule has 0 saturated heterocycles. The number of thiazole rings is 1. The molecule has 0 unspecified atom stereocenters. The van der Waals surface area contributed by atoms with E-state index in [4.69, 9.17) is 4.74 Å². The molecule has 6 nitrogen and oxygen atoms in total. The lowest BCUT2D eigenvalue weighted by atomic mass is 10.2. The van der Waals surface area contributed by atoms with Gasteiger partial charge in [0, 0.05) is 11.8 Å². The van der Waals surface area contributed by atoms with Gasteiger partial charge in [0.1, 0.15) is 11.6 Å². The fraction of sp³-hybridized carbons (Fsp3) is 0. The summed E-state index contributed by atoms with van der Waals surface area (Å²) in [4.78, 5) is 28.6. The number of ether oxygens (including phenoxy) is 1. The van der Waals surface area contributed by atoms with Crippen LogP contribution in [0.5, 0.6) is 5.75 Å². The highest BCUT2D eigenvalue weighted by Gasteiger charge is 2.12. The fourth-order valence-corrected chi connectivity index (χ4v) is 3.48. The normalized spacial score (nSPS) is 10.5. The van der Waals surface area contributed by atoms with Gasteiger partial charge in [0.2, 0.25) is 0 Å². The van der Waals surface area contributed by atoms with E-state index in [0.717, 1.165) is 4.70 Å². The number of hydrogen-bond acceptors (Lipinski definition) is 5. The number of hydrogen-bond donors (Lipinski definition) is 2. The van der Waals surface area contributed by atoms with Crippen LogP contribution in [0.3, 0.4) is 0 Å². The van der Waals surface area contributed by atoms with Crippen LogP contribution in [0.15, 0.2) is 72.8 Å². The number of carbonyl (C=O) groups is 2. The van der Waals surface area contributed by atoms with Crippen molar-refractivity contribution in [2.45, 2.75) is 0 Å². The van der Waals surface area contributed by atoms with Crippen LogP contribution in [0.1, 0.15) is 10.4 Å². The first-order valence-electron chi connectivity index (χ1n) is 8.58. The third-order valence-electron chi connectivity index (χ3n) is 3.88. The molecule has 2 N–H and O–H groups in total. The van der Waals surface area contributed by atoms with Crippen molar-refractivity contribution in [1.29, 1.82) is 0 Å². The van der Waals surface area contributed by atoms with Gasteiger partial charge in [-0.3, -0.25) is 5.32 Å². The number of carbonyl (C=O) groups excluding carboxylic acids is 2. The van der Waals surface area contributed by atoms with Crippen LogP contribution in [0, 0.1) is 5.82 Å². The minimum absolute atomic E-state index is 0.332. The van der Waals surface area contributed by atoms with Crippen LogP contribution >= 0.6 is 11.3 Å². The zero-order valence-electron chi connectivity index (χ0n) is 14.9. The lowest BCUT2D eigenvalue weighted by molar-refractivity contribution is 0.0735. The summed E-state index contributed by atoms with van der Waals surface area (Å²) in [5.41, 5.74) is 1.43. The summed E-state index contributed by atoms with van der Waals surface area (Å²) in [7, 11) is 0. The van der Waals surface area contributed by atoms with E-state index < -0.39 is 17.8 Å². The van der Waals surface area contributed by atoms with E-state index in [1.54, 1.807) is 48.5 Å². The predicted molar refractivity (Wildman–Crippen MR) is 110 cm³/mol. The van der Waals surface area contributed by atoms with Gasteiger partial charge >= 0.3 is 12.0 Å². The van der Waals surface area contributed by atoms with Crippen LogP contribution < -0.4 is 15.4 Å². The van der Waals surface area contributed by atoms with Crippen molar-refractivity contribution >= 4 is 44.4 Å². The molecule has 1 heterocycles. The standard InChI is InChI=1S/C21H14FN3O3S/c22-14-7-4-8-15(11-14)23-20(27)25-21-24-17-10-9-16(12-18(17)29-21)28-19(26)13-5-2-1-3-6-13/h1-12H,(H2,23,24,25,27). The molecule has 0 fully saturated rings. The summed E-state index contributed by atoms with van der Waals surface area (Å²) in [5, 5.41) is 5.51. The number of nitrogens with zero attached hydrogens (tertiary/aromatic N) is 1. The minimum Gasteiger partial charge on any atom is -0.423 e. The number of anilines is 2. The van der Waals surface area contributed by atoms with Gasteiger partial charge in [-0.15, -0.1) is 0 Å². The van der Waals surface area contributed by atoms with Gasteiger partial charge in [-0.25, -0.2) is 19.0 Å². The quantitative estimate of drug-likeness (QED) is 0.355. The van der Waals surface area contributed by atoms with Crippen LogP contribution in [0.2, 0.25) is 0 Å². The molecule has 0 aliphatic carbocycles. The number of halogens is 1. The average Bonchev–Trinajstić information content (AvgIpc) is 3.10. The molecule has 4 aromatic rings. The van der Waals surface area contributed by atoms with Gasteiger partial charge in [0.15, 0.2) is 5.13 Å². The number of aromatic nitrogens is 1. The maximum atomic E-state index is 13.2. The second-order valence-corrected chi connectivity index (χ2v) is 7.02. The highest BCUT2D eigenvalue weighted by atomic mass is 32.1. The molecule has 0 bridgehead atoms. The lowest BCUT2D eigenvalue weighted by Crippen LogP contribution is -2.19. The first-order valence-corrected chi connectivity index (χ1v) is 9.40. The average molecular weight is 407 g/mol. The molecule has 144 valence electrons. The van der Waals surface area contributed by atoms with E-state index in [1.807, 2.05) is 6.07 Å². The monoisotopic (exact) mass is 407 g/mol. The zero-order valence-corrected chi connectivity index (χ0v) is 15.7. The van der Waals surface area contributed by atoms with Gasteiger partial charge in [0.05, 0.1) is 15.8 Å². The Balaban J connectivity index is 1.45. The van der Waals surface area contributed by atoms with Crippen LogP contribution in [-0.2, 0) is 0 Å². The topological polar surface area (TPSA) is 80.3 Å². The molecule has 0 saturated carbocycles. The van der Waals surface area contributed by atoms with Crippen LogP contribution in [-0.4, -0.2) is 17.0 Å². The largest absolute Gasteiger partial charge is 0.423 e. The van der Waals surface area contributed by atoms with Crippen molar-refractivity contribution in [3.8, 4) is 5.75 Å². The molecular weight excluding hydrogens is 393 g/mol. The maximum Gasteiger partial charge on any atom is 0.343 e. The van der Waals surface area contributed by atoms with Crippen molar-refractivity contribution in [3.05, 3.63) is 84.2 Å². The third-order valence-corrected chi connectivity index (χ3v) is 4.82. The summed E-state index contributed by atoms with van der Waals surface area (Å²) >= 11 is 1.23. The lowest BCUT2D eigenvalue weighted by Gasteiger charge is -2.04. The van der Waals surface area contributed by atoms with Crippen LogP contribution in [0.25, 0.3) is 10.2 Å². The summed E-state index contributed by atoms with van der Waals surface area (Å²) in [6, 6.07) is 18.8. The molecule has 0 radical (unpaired) electrons. The highest BCUT2D eigenvalue weighted by Crippen LogP contribution is 2.29. The van der Waals surface area contributed by atoms with Gasteiger partial charge in [-0.1, -0.05) is 35.6 Å². The zero-order chi connectivity index (χ0) is 20.2. The van der Waals surface area contributed by atoms with Gasteiger partial charge in [0.25, 0.3) is 0 Å². The van der Waals surface area contributed by atoms with E-state index in [9.17, 15) is 14.0 Å². The Morgan fingerprint density at radius 1 is 0.931 bits per heavy atom. The molecule has 4 rings (SSSR count). The van der Waals surface area contributed by atoms with Crippen molar-refractivity contribution in [3.63, 3.8) is 0 Å². The summed E-state index contributed by atoms with van der Waals surface area (Å²) in [5.74, 6) is -0.520. The van der Waals surface area contributed by atoms with Gasteiger partial charge < -0.3 is 10.1 Å². The van der Waals surface area contributed by atoms with Crippen molar-refractivity contribution < 1.29 is 18.7 Å². The molecule has 0 aliphatic heterocycles. The Kier molecular flexibility index (Phi) is 5.17. The van der Waals surface area contributed by atoms with Gasteiger partial charge in [-0.05, 0) is 42.5 Å². The minimum atomic E-state index is -0.537. The second kappa shape index (κ2) is 8.07. The first-order chi connectivity index (χ1) is 14.1. The number of rotatable bonds is 4. The van der Waals surface area contributed by atoms with E-state index in [2.05, 4.69) is 15.6 Å². The molecule has 29 heavy (non-hydrogen) atoms. The Morgan fingerprint density at radius 2 is 1.76 bits per heavy atom. The number of benzene rings is 3. The Labute approximate surface area is 169 Å². The maximum absolute atomic E-state index is 13.2. The smallest absolute Gasteiger partial charge is 0.343 e. The molecule has 1 aromatic heterocycles. The molecular formula is C21H14FN3O3S. The Bertz CT molecular complexity index is 1190. The molecule has 0 aliphatic rings. The van der Waals surface area contributed by atoms with Crippen molar-refractivity contribution in [1.82, 2.24) is 4.98 Å². The second-order valence-electron chi connectivity index (χ2n) is 5.99. The Morgan fingerprint density at radius 3 is 2.55 bits per heavy atom. The Hall–Kier alpha value is -3.78. The number of urea groups is 1. The van der Waals surface area contributed by atoms with E-state index in [0.29, 0.717) is 27.6 Å². The summed E-state index contributed by atoms with van der Waals surface area (Å²) < 4.78 is 19.3. The fourth-order valence-electron chi connectivity index (χ4n) is 2.59. The number of amides is 2. The third kappa shape index (κ3) is 4.56. The number of nitrogens with one attached hydrogen (secondary N) is 2. The van der Waals surface area contributed by atoms with Crippen molar-refractivity contribution in [2.24, 2.45) is 0 Å². The van der Waals surface area contributed by atoms with Crippen molar-refractivity contribution in [2.75, 3.05) is 10.6 Å². The molecule has 0 spiro atoms. The summed E-state index contributed by atoms with van der Waals surface area (Å²) in [6.07, 6.45) is 0.